The molecule has 8 heteroatoms. The van der Waals surface area contributed by atoms with Crippen LogP contribution in [0.5, 0.6) is 5.75 Å². The first-order valence-corrected chi connectivity index (χ1v) is 11.8. The largest absolute Gasteiger partial charge is 0.478 e. The molecule has 0 radical (unpaired) electrons. The van der Waals surface area contributed by atoms with E-state index >= 15 is 0 Å². The molecule has 1 aliphatic heterocycles. The summed E-state index contributed by atoms with van der Waals surface area (Å²) in [6, 6.07) is 7.12. The second-order valence-electron chi connectivity index (χ2n) is 10.3. The highest BCUT2D eigenvalue weighted by molar-refractivity contribution is 5.89. The number of carbonyl (C=O) groups is 3. The molecule has 1 saturated heterocycles. The van der Waals surface area contributed by atoms with Crippen LogP contribution in [0.4, 0.5) is 0 Å². The molecule has 3 aliphatic rings. The molecular weight excluding hydrogens is 438 g/mol. The Kier molecular flexibility index (Phi) is 8.02. The summed E-state index contributed by atoms with van der Waals surface area (Å²) in [7, 11) is 0. The maximum absolute atomic E-state index is 11.9. The minimum Gasteiger partial charge on any atom is -0.478 e. The standard InChI is InChI=1S/C22H31NO3.C4H4O4/c1-21(2,3)20(24)26-14-25-16-8-7-15-12-19-17-6-4-5-9-22(17,10-11-23-19)18(15)13-16;5-3(6)1-2-4(7)8/h7-8,13,17,19,23H,4-6,9-12,14H2,1-3H3;1-2H,(H,5,6)(H,7,8)/b;2-1+/t17-,19+,22+;/m0./s1. The van der Waals surface area contributed by atoms with Crippen LogP contribution in [0, 0.1) is 11.3 Å². The van der Waals surface area contributed by atoms with E-state index in [1.807, 2.05) is 26.8 Å². The van der Waals surface area contributed by atoms with Crippen LogP contribution in [-0.4, -0.2) is 47.5 Å². The number of hydrogen-bond donors (Lipinski definition) is 3. The zero-order valence-electron chi connectivity index (χ0n) is 20.1. The Hall–Kier alpha value is -2.87. The zero-order chi connectivity index (χ0) is 24.9. The van der Waals surface area contributed by atoms with Gasteiger partial charge in [0.05, 0.1) is 5.41 Å². The van der Waals surface area contributed by atoms with E-state index in [0.717, 1.165) is 24.6 Å². The molecule has 8 nitrogen and oxygen atoms in total. The van der Waals surface area contributed by atoms with Crippen molar-refractivity contribution in [3.05, 3.63) is 41.5 Å². The van der Waals surface area contributed by atoms with Crippen LogP contribution in [0.25, 0.3) is 0 Å². The minimum absolute atomic E-state index is 0.0184. The van der Waals surface area contributed by atoms with E-state index in [-0.39, 0.29) is 12.8 Å². The SMILES string of the molecule is CC(C)(C)C(=O)OCOc1ccc2c(c1)[C@@]13CCCC[C@H]1[C@@H](C2)NCC3.O=C(O)/C=C/C(=O)O. The van der Waals surface area contributed by atoms with Crippen LogP contribution in [0.15, 0.2) is 30.4 Å². The van der Waals surface area contributed by atoms with Crippen molar-refractivity contribution in [3.63, 3.8) is 0 Å². The van der Waals surface area contributed by atoms with Crippen molar-refractivity contribution in [1.29, 1.82) is 0 Å². The fourth-order valence-electron chi connectivity index (χ4n) is 5.50. The predicted octanol–water partition coefficient (Wildman–Crippen LogP) is 3.67. The molecule has 3 atom stereocenters. The maximum atomic E-state index is 11.9. The van der Waals surface area contributed by atoms with Gasteiger partial charge in [0, 0.05) is 23.6 Å². The Morgan fingerprint density at radius 1 is 1.12 bits per heavy atom. The van der Waals surface area contributed by atoms with Gasteiger partial charge in [-0.3, -0.25) is 4.79 Å². The van der Waals surface area contributed by atoms with Gasteiger partial charge in [-0.2, -0.15) is 0 Å². The summed E-state index contributed by atoms with van der Waals surface area (Å²) in [4.78, 5) is 31.0. The molecule has 0 unspecified atom stereocenters. The van der Waals surface area contributed by atoms with E-state index in [0.29, 0.717) is 23.6 Å². The summed E-state index contributed by atoms with van der Waals surface area (Å²) in [6.07, 6.45) is 8.79. The number of benzene rings is 1. The molecule has 2 aliphatic carbocycles. The van der Waals surface area contributed by atoms with E-state index in [1.54, 1.807) is 0 Å². The Morgan fingerprint density at radius 2 is 1.82 bits per heavy atom. The van der Waals surface area contributed by atoms with Crippen molar-refractivity contribution < 1.29 is 34.1 Å². The Labute approximate surface area is 200 Å². The smallest absolute Gasteiger partial charge is 0.328 e. The highest BCUT2D eigenvalue weighted by Gasteiger charge is 2.51. The molecule has 2 fully saturated rings. The summed E-state index contributed by atoms with van der Waals surface area (Å²) in [5.41, 5.74) is 2.79. The van der Waals surface area contributed by atoms with Gasteiger partial charge in [0.15, 0.2) is 0 Å². The molecule has 0 spiro atoms. The third kappa shape index (κ3) is 5.97. The zero-order valence-corrected chi connectivity index (χ0v) is 20.1. The summed E-state index contributed by atoms with van der Waals surface area (Å²) in [5.74, 6) is -1.17. The van der Waals surface area contributed by atoms with Gasteiger partial charge in [-0.1, -0.05) is 18.9 Å². The molecule has 2 bridgehead atoms. The van der Waals surface area contributed by atoms with Crippen LogP contribution in [0.2, 0.25) is 0 Å². The molecule has 4 rings (SSSR count). The number of carboxylic acid groups (broad SMARTS) is 2. The number of piperidine rings is 1. The Balaban J connectivity index is 0.000000350. The minimum atomic E-state index is -1.26. The van der Waals surface area contributed by atoms with Crippen molar-refractivity contribution in [2.24, 2.45) is 11.3 Å². The second-order valence-corrected chi connectivity index (χ2v) is 10.3. The van der Waals surface area contributed by atoms with Gasteiger partial charge >= 0.3 is 17.9 Å². The molecule has 1 aromatic carbocycles. The molecule has 1 heterocycles. The number of carbonyl (C=O) groups excluding carboxylic acids is 1. The number of nitrogens with one attached hydrogen (secondary N) is 1. The van der Waals surface area contributed by atoms with Crippen LogP contribution in [-0.2, 0) is 31.0 Å². The number of carboxylic acids is 2. The lowest BCUT2D eigenvalue weighted by Crippen LogP contribution is -2.59. The lowest BCUT2D eigenvalue weighted by molar-refractivity contribution is -0.159. The lowest BCUT2D eigenvalue weighted by Gasteiger charge is -2.56. The first kappa shape index (κ1) is 25.7. The average Bonchev–Trinajstić information content (AvgIpc) is 2.78. The van der Waals surface area contributed by atoms with Gasteiger partial charge in [-0.05, 0) is 82.2 Å². The monoisotopic (exact) mass is 473 g/mol. The summed E-state index contributed by atoms with van der Waals surface area (Å²) in [6.45, 7) is 6.66. The third-order valence-corrected chi connectivity index (χ3v) is 7.02. The lowest BCUT2D eigenvalue weighted by atomic mass is 9.53. The van der Waals surface area contributed by atoms with Crippen molar-refractivity contribution in [1.82, 2.24) is 5.32 Å². The highest BCUT2D eigenvalue weighted by Crippen LogP contribution is 2.54. The van der Waals surface area contributed by atoms with Gasteiger partial charge in [0.25, 0.3) is 0 Å². The average molecular weight is 474 g/mol. The van der Waals surface area contributed by atoms with Crippen molar-refractivity contribution in [2.75, 3.05) is 13.3 Å². The van der Waals surface area contributed by atoms with E-state index in [2.05, 4.69) is 17.4 Å². The van der Waals surface area contributed by atoms with E-state index in [9.17, 15) is 14.4 Å². The van der Waals surface area contributed by atoms with Crippen molar-refractivity contribution in [3.8, 4) is 5.75 Å². The number of rotatable bonds is 5. The van der Waals surface area contributed by atoms with Gasteiger partial charge in [-0.25, -0.2) is 9.59 Å². The molecule has 1 saturated carbocycles. The third-order valence-electron chi connectivity index (χ3n) is 7.02. The highest BCUT2D eigenvalue weighted by atomic mass is 16.7. The predicted molar refractivity (Wildman–Crippen MR) is 126 cm³/mol. The van der Waals surface area contributed by atoms with Gasteiger partial charge in [0.1, 0.15) is 5.75 Å². The molecule has 1 aromatic rings. The summed E-state index contributed by atoms with van der Waals surface area (Å²) < 4.78 is 11.1. The van der Waals surface area contributed by atoms with Crippen LogP contribution < -0.4 is 10.1 Å². The summed E-state index contributed by atoms with van der Waals surface area (Å²) >= 11 is 0. The van der Waals surface area contributed by atoms with Gasteiger partial charge < -0.3 is 25.0 Å². The van der Waals surface area contributed by atoms with Gasteiger partial charge in [0.2, 0.25) is 6.79 Å². The van der Waals surface area contributed by atoms with Gasteiger partial charge in [-0.15, -0.1) is 0 Å². The Bertz CT molecular complexity index is 929. The normalized spacial score (nSPS) is 25.3. The second kappa shape index (κ2) is 10.6. The van der Waals surface area contributed by atoms with E-state index in [4.69, 9.17) is 19.7 Å². The fourth-order valence-corrected chi connectivity index (χ4v) is 5.50. The van der Waals surface area contributed by atoms with Crippen LogP contribution >= 0.6 is 0 Å². The van der Waals surface area contributed by atoms with E-state index in [1.165, 1.54) is 43.2 Å². The topological polar surface area (TPSA) is 122 Å². The van der Waals surface area contributed by atoms with Crippen molar-refractivity contribution in [2.45, 2.75) is 70.8 Å². The number of esters is 1. The Morgan fingerprint density at radius 3 is 2.47 bits per heavy atom. The molecular formula is C26H35NO7. The molecule has 186 valence electrons. The molecule has 0 aromatic heterocycles. The van der Waals surface area contributed by atoms with E-state index < -0.39 is 17.4 Å². The molecule has 34 heavy (non-hydrogen) atoms. The number of hydrogen-bond acceptors (Lipinski definition) is 6. The molecule has 0 amide bonds. The number of aliphatic carboxylic acids is 2. The fraction of sp³-hybridized carbons (Fsp3) is 0.577. The number of fused-ring (bicyclic) bond motifs is 1. The van der Waals surface area contributed by atoms with Crippen LogP contribution in [0.3, 0.4) is 0 Å². The van der Waals surface area contributed by atoms with Crippen molar-refractivity contribution >= 4 is 17.9 Å². The van der Waals surface area contributed by atoms with Crippen LogP contribution in [0.1, 0.15) is 64.0 Å². The quantitative estimate of drug-likeness (QED) is 0.336. The summed E-state index contributed by atoms with van der Waals surface area (Å²) in [5, 5.41) is 19.4. The first-order chi connectivity index (χ1) is 16.0. The number of ether oxygens (including phenoxy) is 2. The maximum Gasteiger partial charge on any atom is 0.328 e. The molecule has 3 N–H and O–H groups in total. The first-order valence-electron chi connectivity index (χ1n) is 11.8.